The molecule has 1 fully saturated rings. The van der Waals surface area contributed by atoms with E-state index in [1.807, 2.05) is 30.0 Å². The number of aromatic nitrogens is 2. The summed E-state index contributed by atoms with van der Waals surface area (Å²) in [5.74, 6) is 0.0319. The first kappa shape index (κ1) is 14.2. The molecule has 4 rings (SSSR count). The highest BCUT2D eigenvalue weighted by atomic mass is 16.2. The van der Waals surface area contributed by atoms with Gasteiger partial charge in [0.1, 0.15) is 5.69 Å². The molecule has 0 radical (unpaired) electrons. The van der Waals surface area contributed by atoms with Crippen molar-refractivity contribution < 1.29 is 4.79 Å². The number of aryl methyl sites for hydroxylation is 2. The number of carbonyl (C=O) groups excluding carboxylic acids is 1. The molecule has 0 aliphatic carbocycles. The van der Waals surface area contributed by atoms with Crippen molar-refractivity contribution in [1.82, 2.24) is 19.8 Å². The van der Waals surface area contributed by atoms with E-state index in [4.69, 9.17) is 0 Å². The summed E-state index contributed by atoms with van der Waals surface area (Å²) in [5, 5.41) is 5.55. The average Bonchev–Trinajstić information content (AvgIpc) is 2.89. The van der Waals surface area contributed by atoms with Gasteiger partial charge in [-0.05, 0) is 19.1 Å². The van der Waals surface area contributed by atoms with Crippen LogP contribution < -0.4 is 5.32 Å². The van der Waals surface area contributed by atoms with Crippen LogP contribution in [0.2, 0.25) is 0 Å². The molecule has 0 spiro atoms. The van der Waals surface area contributed by atoms with Gasteiger partial charge in [-0.15, -0.1) is 0 Å². The summed E-state index contributed by atoms with van der Waals surface area (Å²) >= 11 is 0. The number of carbonyl (C=O) groups is 1. The molecule has 0 bridgehead atoms. The molecule has 3 heterocycles. The van der Waals surface area contributed by atoms with Crippen LogP contribution in [0.3, 0.4) is 0 Å². The van der Waals surface area contributed by atoms with E-state index in [-0.39, 0.29) is 5.91 Å². The number of amides is 1. The lowest BCUT2D eigenvalue weighted by Gasteiger charge is -2.27. The molecular formula is C18H20N4O. The average molecular weight is 308 g/mol. The Balaban J connectivity index is 1.89. The minimum absolute atomic E-state index is 0.0319. The Labute approximate surface area is 134 Å². The molecule has 0 unspecified atom stereocenters. The number of hydrogen-bond acceptors (Lipinski definition) is 3. The summed E-state index contributed by atoms with van der Waals surface area (Å²) in [6.07, 6.45) is 0. The lowest BCUT2D eigenvalue weighted by Crippen LogP contribution is -2.46. The van der Waals surface area contributed by atoms with Crippen molar-refractivity contribution in [3.63, 3.8) is 0 Å². The van der Waals surface area contributed by atoms with Crippen molar-refractivity contribution in [3.05, 3.63) is 41.7 Å². The van der Waals surface area contributed by atoms with E-state index < -0.39 is 0 Å². The van der Waals surface area contributed by atoms with Crippen LogP contribution in [0.5, 0.6) is 0 Å². The van der Waals surface area contributed by atoms with Gasteiger partial charge in [-0.1, -0.05) is 18.2 Å². The largest absolute Gasteiger partial charge is 0.342 e. The van der Waals surface area contributed by atoms with Crippen LogP contribution in [0.1, 0.15) is 16.2 Å². The molecule has 0 saturated carbocycles. The number of para-hydroxylation sites is 1. The molecule has 1 N–H and O–H groups in total. The number of nitrogens with zero attached hydrogens (tertiary/aromatic N) is 3. The number of hydrogen-bond donors (Lipinski definition) is 1. The minimum atomic E-state index is 0.0319. The zero-order valence-electron chi connectivity index (χ0n) is 13.5. The SMILES string of the molecule is Cc1nc(C(=O)N2CCNCC2)cc2c3ccccc3n(C)c12. The first-order valence-electron chi connectivity index (χ1n) is 8.01. The molecule has 5 nitrogen and oxygen atoms in total. The number of fused-ring (bicyclic) bond motifs is 3. The maximum atomic E-state index is 12.8. The second-order valence-electron chi connectivity index (χ2n) is 6.11. The number of pyridine rings is 1. The minimum Gasteiger partial charge on any atom is -0.342 e. The summed E-state index contributed by atoms with van der Waals surface area (Å²) in [7, 11) is 2.05. The van der Waals surface area contributed by atoms with E-state index >= 15 is 0 Å². The van der Waals surface area contributed by atoms with Crippen molar-refractivity contribution in [3.8, 4) is 0 Å². The zero-order chi connectivity index (χ0) is 16.0. The quantitative estimate of drug-likeness (QED) is 0.749. The molecule has 1 aromatic carbocycles. The van der Waals surface area contributed by atoms with Crippen LogP contribution >= 0.6 is 0 Å². The summed E-state index contributed by atoms with van der Waals surface area (Å²) in [5.41, 5.74) is 3.72. The van der Waals surface area contributed by atoms with Gasteiger partial charge in [0, 0.05) is 49.5 Å². The van der Waals surface area contributed by atoms with Gasteiger partial charge < -0.3 is 14.8 Å². The summed E-state index contributed by atoms with van der Waals surface area (Å²) < 4.78 is 2.16. The molecule has 5 heteroatoms. The van der Waals surface area contributed by atoms with Crippen LogP contribution in [-0.2, 0) is 7.05 Å². The monoisotopic (exact) mass is 308 g/mol. The first-order valence-corrected chi connectivity index (χ1v) is 8.01. The summed E-state index contributed by atoms with van der Waals surface area (Å²) in [6.45, 7) is 5.17. The smallest absolute Gasteiger partial charge is 0.272 e. The molecular weight excluding hydrogens is 288 g/mol. The predicted molar refractivity (Wildman–Crippen MR) is 91.7 cm³/mol. The van der Waals surface area contributed by atoms with E-state index in [2.05, 4.69) is 34.0 Å². The fourth-order valence-electron chi connectivity index (χ4n) is 3.55. The standard InChI is InChI=1S/C18H20N4O/c1-12-17-14(13-5-3-4-6-16(13)21(17)2)11-15(20-12)18(23)22-9-7-19-8-10-22/h3-6,11,19H,7-10H2,1-2H3. The van der Waals surface area contributed by atoms with E-state index in [1.54, 1.807) is 0 Å². The Morgan fingerprint density at radius 3 is 2.70 bits per heavy atom. The number of benzene rings is 1. The van der Waals surface area contributed by atoms with Crippen molar-refractivity contribution >= 4 is 27.7 Å². The fourth-order valence-corrected chi connectivity index (χ4v) is 3.55. The first-order chi connectivity index (χ1) is 11.2. The third kappa shape index (κ3) is 2.19. The van der Waals surface area contributed by atoms with Crippen molar-refractivity contribution in [1.29, 1.82) is 0 Å². The Kier molecular flexibility index (Phi) is 3.31. The highest BCUT2D eigenvalue weighted by Gasteiger charge is 2.21. The zero-order valence-corrected chi connectivity index (χ0v) is 13.5. The Morgan fingerprint density at radius 2 is 1.91 bits per heavy atom. The van der Waals surface area contributed by atoms with E-state index in [9.17, 15) is 4.79 Å². The number of piperazine rings is 1. The van der Waals surface area contributed by atoms with Gasteiger partial charge >= 0.3 is 0 Å². The van der Waals surface area contributed by atoms with E-state index in [0.717, 1.165) is 42.8 Å². The molecule has 1 aliphatic heterocycles. The molecule has 2 aromatic heterocycles. The molecule has 23 heavy (non-hydrogen) atoms. The van der Waals surface area contributed by atoms with Gasteiger partial charge in [-0.3, -0.25) is 4.79 Å². The second-order valence-corrected chi connectivity index (χ2v) is 6.11. The molecule has 3 aromatic rings. The topological polar surface area (TPSA) is 50.2 Å². The van der Waals surface area contributed by atoms with Gasteiger partial charge in [0.2, 0.25) is 0 Å². The van der Waals surface area contributed by atoms with Gasteiger partial charge in [0.15, 0.2) is 0 Å². The highest BCUT2D eigenvalue weighted by Crippen LogP contribution is 2.30. The van der Waals surface area contributed by atoms with Gasteiger partial charge in [-0.2, -0.15) is 0 Å². The van der Waals surface area contributed by atoms with Crippen molar-refractivity contribution in [2.45, 2.75) is 6.92 Å². The van der Waals surface area contributed by atoms with E-state index in [0.29, 0.717) is 5.69 Å². The lowest BCUT2D eigenvalue weighted by atomic mass is 10.1. The Hall–Kier alpha value is -2.40. The number of nitrogens with one attached hydrogen (secondary N) is 1. The second kappa shape index (κ2) is 5.35. The third-order valence-corrected chi connectivity index (χ3v) is 4.68. The third-order valence-electron chi connectivity index (χ3n) is 4.68. The normalized spacial score (nSPS) is 15.5. The maximum absolute atomic E-state index is 12.8. The molecule has 1 amide bonds. The highest BCUT2D eigenvalue weighted by molar-refractivity contribution is 6.10. The van der Waals surface area contributed by atoms with Crippen molar-refractivity contribution in [2.24, 2.45) is 7.05 Å². The lowest BCUT2D eigenvalue weighted by molar-refractivity contribution is 0.0730. The van der Waals surface area contributed by atoms with Gasteiger partial charge in [-0.25, -0.2) is 4.98 Å². The fraction of sp³-hybridized carbons (Fsp3) is 0.333. The molecule has 1 saturated heterocycles. The van der Waals surface area contributed by atoms with Crippen LogP contribution in [0.4, 0.5) is 0 Å². The molecule has 0 atom stereocenters. The van der Waals surface area contributed by atoms with Crippen LogP contribution in [0.25, 0.3) is 21.8 Å². The Bertz CT molecular complexity index is 906. The Morgan fingerprint density at radius 1 is 1.17 bits per heavy atom. The predicted octanol–water partition coefficient (Wildman–Crippen LogP) is 2.08. The van der Waals surface area contributed by atoms with E-state index in [1.165, 1.54) is 10.9 Å². The maximum Gasteiger partial charge on any atom is 0.272 e. The number of rotatable bonds is 1. The van der Waals surface area contributed by atoms with Gasteiger partial charge in [0.05, 0.1) is 11.2 Å². The molecule has 118 valence electrons. The van der Waals surface area contributed by atoms with Crippen molar-refractivity contribution in [2.75, 3.05) is 26.2 Å². The van der Waals surface area contributed by atoms with Gasteiger partial charge in [0.25, 0.3) is 5.91 Å². The van der Waals surface area contributed by atoms with Crippen LogP contribution in [-0.4, -0.2) is 46.5 Å². The summed E-state index contributed by atoms with van der Waals surface area (Å²) in [4.78, 5) is 19.3. The van der Waals surface area contributed by atoms with Crippen LogP contribution in [0.15, 0.2) is 30.3 Å². The van der Waals surface area contributed by atoms with Crippen LogP contribution in [0, 0.1) is 6.92 Å². The molecule has 1 aliphatic rings. The summed E-state index contributed by atoms with van der Waals surface area (Å²) in [6, 6.07) is 10.2.